The van der Waals surface area contributed by atoms with Crippen LogP contribution in [0.5, 0.6) is 0 Å². The lowest BCUT2D eigenvalue weighted by molar-refractivity contribution is 0.0534. The summed E-state index contributed by atoms with van der Waals surface area (Å²) in [5, 5.41) is 4.08. The van der Waals surface area contributed by atoms with E-state index in [4.69, 9.17) is 16.3 Å². The Kier molecular flexibility index (Phi) is 6.46. The van der Waals surface area contributed by atoms with E-state index in [9.17, 15) is 0 Å². The quantitative estimate of drug-likeness (QED) is 0.790. The Labute approximate surface area is 103 Å². The van der Waals surface area contributed by atoms with E-state index in [2.05, 4.69) is 19.2 Å². The van der Waals surface area contributed by atoms with Crippen molar-refractivity contribution in [3.8, 4) is 0 Å². The second-order valence-electron chi connectivity index (χ2n) is 3.69. The Hall–Kier alpha value is -0.570. The van der Waals surface area contributed by atoms with Gasteiger partial charge in [0.25, 0.3) is 0 Å². The fraction of sp³-hybridized carbons (Fsp3) is 0.538. The number of rotatable bonds is 7. The van der Waals surface area contributed by atoms with Crippen molar-refractivity contribution in [2.75, 3.05) is 19.7 Å². The van der Waals surface area contributed by atoms with Gasteiger partial charge in [-0.15, -0.1) is 0 Å². The van der Waals surface area contributed by atoms with E-state index in [0.29, 0.717) is 0 Å². The molecule has 0 aromatic heterocycles. The van der Waals surface area contributed by atoms with Crippen molar-refractivity contribution in [1.82, 2.24) is 5.32 Å². The molecule has 1 aromatic rings. The summed E-state index contributed by atoms with van der Waals surface area (Å²) in [5.74, 6) is 0. The summed E-state index contributed by atoms with van der Waals surface area (Å²) < 4.78 is 5.81. The highest BCUT2D eigenvalue weighted by Gasteiger charge is 2.13. The van der Waals surface area contributed by atoms with Crippen LogP contribution in [0, 0.1) is 0 Å². The number of hydrogen-bond acceptors (Lipinski definition) is 2. The monoisotopic (exact) mass is 241 g/mol. The summed E-state index contributed by atoms with van der Waals surface area (Å²) in [6.07, 6.45) is 1.07. The molecule has 1 rings (SSSR count). The number of benzene rings is 1. The molecule has 0 aliphatic carbocycles. The normalized spacial score (nSPS) is 12.7. The molecule has 0 spiro atoms. The summed E-state index contributed by atoms with van der Waals surface area (Å²) in [7, 11) is 0. The van der Waals surface area contributed by atoms with Gasteiger partial charge in [-0.25, -0.2) is 0 Å². The van der Waals surface area contributed by atoms with Crippen molar-refractivity contribution in [3.05, 3.63) is 34.9 Å². The predicted octanol–water partition coefficient (Wildman–Crippen LogP) is 3.42. The third kappa shape index (κ3) is 4.12. The van der Waals surface area contributed by atoms with Crippen molar-refractivity contribution < 1.29 is 4.74 Å². The van der Waals surface area contributed by atoms with Gasteiger partial charge in [-0.2, -0.15) is 0 Å². The molecule has 3 heteroatoms. The zero-order valence-corrected chi connectivity index (χ0v) is 10.8. The first-order valence-electron chi connectivity index (χ1n) is 5.86. The second-order valence-corrected chi connectivity index (χ2v) is 4.10. The molecule has 0 saturated carbocycles. The molecule has 0 amide bonds. The third-order valence-electron chi connectivity index (χ3n) is 2.35. The van der Waals surface area contributed by atoms with E-state index < -0.39 is 0 Å². The van der Waals surface area contributed by atoms with E-state index in [1.807, 2.05) is 24.3 Å². The number of likely N-dealkylation sites (N-methyl/N-ethyl adjacent to an activating group) is 1. The van der Waals surface area contributed by atoms with Gasteiger partial charge >= 0.3 is 0 Å². The van der Waals surface area contributed by atoms with Gasteiger partial charge in [0.1, 0.15) is 0 Å². The Morgan fingerprint density at radius 2 is 2.06 bits per heavy atom. The Bertz CT molecular complexity index is 296. The van der Waals surface area contributed by atoms with Crippen LogP contribution in [0.15, 0.2) is 24.3 Å². The van der Waals surface area contributed by atoms with Gasteiger partial charge in [-0.1, -0.05) is 43.6 Å². The van der Waals surface area contributed by atoms with Crippen LogP contribution in [0.4, 0.5) is 0 Å². The van der Waals surface area contributed by atoms with Crippen molar-refractivity contribution >= 4 is 11.6 Å². The van der Waals surface area contributed by atoms with Crippen LogP contribution in [0.1, 0.15) is 31.9 Å². The minimum Gasteiger partial charge on any atom is -0.372 e. The zero-order valence-electron chi connectivity index (χ0n) is 10.0. The highest BCUT2D eigenvalue weighted by Crippen LogP contribution is 2.25. The standard InChI is InChI=1S/C13H20ClNO/c1-3-9-16-13(10-15-4-2)11-7-5-6-8-12(11)14/h5-8,13,15H,3-4,9-10H2,1-2H3. The summed E-state index contributed by atoms with van der Waals surface area (Å²) in [6, 6.07) is 7.87. The topological polar surface area (TPSA) is 21.3 Å². The van der Waals surface area contributed by atoms with Crippen molar-refractivity contribution in [3.63, 3.8) is 0 Å². The molecule has 1 atom stereocenters. The van der Waals surface area contributed by atoms with Gasteiger partial charge in [0.2, 0.25) is 0 Å². The second kappa shape index (κ2) is 7.66. The Morgan fingerprint density at radius 1 is 1.31 bits per heavy atom. The van der Waals surface area contributed by atoms with Gasteiger partial charge in [0, 0.05) is 23.7 Å². The van der Waals surface area contributed by atoms with Crippen molar-refractivity contribution in [2.24, 2.45) is 0 Å². The first-order valence-corrected chi connectivity index (χ1v) is 6.24. The van der Waals surface area contributed by atoms with Crippen LogP contribution in [0.25, 0.3) is 0 Å². The minimum atomic E-state index is 0.0496. The first kappa shape index (κ1) is 13.5. The van der Waals surface area contributed by atoms with E-state index in [1.165, 1.54) is 0 Å². The molecule has 0 saturated heterocycles. The molecule has 16 heavy (non-hydrogen) atoms. The average Bonchev–Trinajstić information content (AvgIpc) is 2.31. The molecule has 90 valence electrons. The number of nitrogens with one attached hydrogen (secondary N) is 1. The lowest BCUT2D eigenvalue weighted by Crippen LogP contribution is -2.23. The maximum atomic E-state index is 6.17. The predicted molar refractivity (Wildman–Crippen MR) is 69.0 cm³/mol. The number of hydrogen-bond donors (Lipinski definition) is 1. The molecule has 0 aliphatic heterocycles. The zero-order chi connectivity index (χ0) is 11.8. The van der Waals surface area contributed by atoms with E-state index in [-0.39, 0.29) is 6.10 Å². The van der Waals surface area contributed by atoms with E-state index >= 15 is 0 Å². The molecular weight excluding hydrogens is 222 g/mol. The van der Waals surface area contributed by atoms with Gasteiger partial charge in [0.15, 0.2) is 0 Å². The Morgan fingerprint density at radius 3 is 2.69 bits per heavy atom. The molecule has 0 fully saturated rings. The summed E-state index contributed by atoms with van der Waals surface area (Å²) >= 11 is 6.17. The summed E-state index contributed by atoms with van der Waals surface area (Å²) in [6.45, 7) is 6.71. The highest BCUT2D eigenvalue weighted by atomic mass is 35.5. The molecule has 0 radical (unpaired) electrons. The van der Waals surface area contributed by atoms with Crippen LogP contribution in [0.3, 0.4) is 0 Å². The lowest BCUT2D eigenvalue weighted by Gasteiger charge is -2.19. The molecule has 1 aromatic carbocycles. The number of halogens is 1. The smallest absolute Gasteiger partial charge is 0.0963 e. The van der Waals surface area contributed by atoms with Gasteiger partial charge < -0.3 is 10.1 Å². The number of ether oxygens (including phenoxy) is 1. The maximum Gasteiger partial charge on any atom is 0.0963 e. The van der Waals surface area contributed by atoms with Gasteiger partial charge in [-0.3, -0.25) is 0 Å². The molecule has 0 bridgehead atoms. The molecule has 0 heterocycles. The van der Waals surface area contributed by atoms with Crippen LogP contribution >= 0.6 is 11.6 Å². The van der Waals surface area contributed by atoms with Crippen LogP contribution in [0.2, 0.25) is 5.02 Å². The molecule has 1 unspecified atom stereocenters. The van der Waals surface area contributed by atoms with Crippen LogP contribution < -0.4 is 5.32 Å². The summed E-state index contributed by atoms with van der Waals surface area (Å²) in [5.41, 5.74) is 1.07. The van der Waals surface area contributed by atoms with Crippen LogP contribution in [-0.4, -0.2) is 19.7 Å². The fourth-order valence-corrected chi connectivity index (χ4v) is 1.79. The first-order chi connectivity index (χ1) is 7.79. The van der Waals surface area contributed by atoms with Gasteiger partial charge in [-0.05, 0) is 19.0 Å². The lowest BCUT2D eigenvalue weighted by atomic mass is 10.1. The fourth-order valence-electron chi connectivity index (χ4n) is 1.53. The van der Waals surface area contributed by atoms with Crippen molar-refractivity contribution in [1.29, 1.82) is 0 Å². The Balaban J connectivity index is 2.70. The molecular formula is C13H20ClNO. The third-order valence-corrected chi connectivity index (χ3v) is 2.70. The van der Waals surface area contributed by atoms with E-state index in [1.54, 1.807) is 0 Å². The average molecular weight is 242 g/mol. The minimum absolute atomic E-state index is 0.0496. The molecule has 0 aliphatic rings. The van der Waals surface area contributed by atoms with E-state index in [0.717, 1.165) is 36.7 Å². The SMILES string of the molecule is CCCOC(CNCC)c1ccccc1Cl. The van der Waals surface area contributed by atoms with Crippen LogP contribution in [-0.2, 0) is 4.74 Å². The largest absolute Gasteiger partial charge is 0.372 e. The van der Waals surface area contributed by atoms with Crippen molar-refractivity contribution in [2.45, 2.75) is 26.4 Å². The molecule has 1 N–H and O–H groups in total. The molecule has 2 nitrogen and oxygen atoms in total. The highest BCUT2D eigenvalue weighted by molar-refractivity contribution is 6.31. The maximum absolute atomic E-state index is 6.17. The summed E-state index contributed by atoms with van der Waals surface area (Å²) in [4.78, 5) is 0. The van der Waals surface area contributed by atoms with Gasteiger partial charge in [0.05, 0.1) is 6.10 Å².